The van der Waals surface area contributed by atoms with Gasteiger partial charge in [0, 0.05) is 11.9 Å². The molecule has 26 heavy (non-hydrogen) atoms. The minimum atomic E-state index is -4.50. The lowest BCUT2D eigenvalue weighted by atomic mass is 10.1. The molecule has 0 spiro atoms. The lowest BCUT2D eigenvalue weighted by Crippen LogP contribution is -2.11. The van der Waals surface area contributed by atoms with Crippen LogP contribution in [0.3, 0.4) is 0 Å². The highest BCUT2D eigenvalue weighted by Crippen LogP contribution is 2.34. The molecule has 0 aliphatic rings. The molecule has 0 aliphatic carbocycles. The van der Waals surface area contributed by atoms with Gasteiger partial charge in [-0.05, 0) is 36.4 Å². The van der Waals surface area contributed by atoms with Crippen molar-refractivity contribution < 1.29 is 22.4 Å². The fourth-order valence-electron chi connectivity index (χ4n) is 2.25. The summed E-state index contributed by atoms with van der Waals surface area (Å²) in [6, 6.07) is 8.94. The number of aromatic nitrogens is 2. The van der Waals surface area contributed by atoms with Crippen LogP contribution in [0.5, 0.6) is 0 Å². The van der Waals surface area contributed by atoms with Crippen LogP contribution in [-0.2, 0) is 13.2 Å². The first kappa shape index (κ1) is 17.7. The maximum atomic E-state index is 12.9. The molecule has 3 rings (SSSR count). The number of hydrogen-bond donors (Lipinski definition) is 0. The first-order valence-corrected chi connectivity index (χ1v) is 8.02. The Morgan fingerprint density at radius 2 is 2.15 bits per heavy atom. The normalized spacial score (nSPS) is 12.2. The number of aryl methyl sites for hydroxylation is 1. The zero-order valence-electron chi connectivity index (χ0n) is 13.2. The number of carbonyl (C=O) groups is 1. The van der Waals surface area contributed by atoms with Gasteiger partial charge >= 0.3 is 6.18 Å². The van der Waals surface area contributed by atoms with E-state index in [1.807, 2.05) is 6.07 Å². The molecule has 0 aromatic carbocycles. The van der Waals surface area contributed by atoms with Crippen molar-refractivity contribution >= 4 is 23.2 Å². The Morgan fingerprint density at radius 3 is 2.73 bits per heavy atom. The number of thiophene rings is 1. The molecular weight excluding hydrogens is 367 g/mol. The average Bonchev–Trinajstić information content (AvgIpc) is 3.31. The molecule has 0 aliphatic heterocycles. The number of Topliss-reactive ketones (excluding diaryl/α,β-unsaturated/α-hetero) is 1. The average molecular weight is 377 g/mol. The molecule has 0 radical (unpaired) electrons. The number of allylic oxidation sites excluding steroid dienone is 1. The first-order valence-electron chi connectivity index (χ1n) is 7.21. The van der Waals surface area contributed by atoms with Gasteiger partial charge in [-0.1, -0.05) is 0 Å². The number of furan rings is 1. The molecule has 0 amide bonds. The monoisotopic (exact) mass is 377 g/mol. The van der Waals surface area contributed by atoms with Crippen molar-refractivity contribution in [3.63, 3.8) is 0 Å². The van der Waals surface area contributed by atoms with Gasteiger partial charge in [0.1, 0.15) is 23.0 Å². The summed E-state index contributed by atoms with van der Waals surface area (Å²) in [5, 5.41) is 13.1. The summed E-state index contributed by atoms with van der Waals surface area (Å²) in [4.78, 5) is 13.2. The summed E-state index contributed by atoms with van der Waals surface area (Å²) >= 11 is 1.12. The molecule has 3 aromatic heterocycles. The minimum Gasteiger partial charge on any atom is -0.461 e. The van der Waals surface area contributed by atoms with Crippen LogP contribution in [0.15, 0.2) is 46.6 Å². The van der Waals surface area contributed by atoms with Crippen molar-refractivity contribution in [2.24, 2.45) is 7.05 Å². The fourth-order valence-corrected chi connectivity index (χ4v) is 3.16. The van der Waals surface area contributed by atoms with Gasteiger partial charge in [-0.15, -0.1) is 11.3 Å². The second-order valence-corrected chi connectivity index (χ2v) is 6.33. The molecule has 9 heteroatoms. The Bertz CT molecular complexity index is 1020. The Hall–Kier alpha value is -3.12. The number of ketones is 1. The molecule has 0 atom stereocenters. The predicted octanol–water partition coefficient (Wildman–Crippen LogP) is 4.55. The zero-order chi connectivity index (χ0) is 18.9. The summed E-state index contributed by atoms with van der Waals surface area (Å²) in [6.45, 7) is 0. The van der Waals surface area contributed by atoms with Gasteiger partial charge in [0.25, 0.3) is 0 Å². The van der Waals surface area contributed by atoms with Crippen molar-refractivity contribution in [3.05, 3.63) is 58.5 Å². The van der Waals surface area contributed by atoms with Crippen LogP contribution in [0.1, 0.15) is 21.1 Å². The van der Waals surface area contributed by atoms with Crippen molar-refractivity contribution in [1.29, 1.82) is 5.26 Å². The summed E-state index contributed by atoms with van der Waals surface area (Å²) in [5.41, 5.74) is -0.825. The molecule has 0 fully saturated rings. The van der Waals surface area contributed by atoms with Crippen LogP contribution in [0.25, 0.3) is 16.6 Å². The van der Waals surface area contributed by atoms with Crippen LogP contribution < -0.4 is 0 Å². The molecule has 0 bridgehead atoms. The fraction of sp³-hybridized carbons (Fsp3) is 0.118. The number of carbonyl (C=O) groups excluding carboxylic acids is 1. The Labute approximate surface area is 149 Å². The summed E-state index contributed by atoms with van der Waals surface area (Å²) in [6.07, 6.45) is -1.80. The third-order valence-corrected chi connectivity index (χ3v) is 4.50. The lowest BCUT2D eigenvalue weighted by Gasteiger charge is -2.04. The maximum Gasteiger partial charge on any atom is 0.433 e. The molecule has 0 saturated carbocycles. The molecular formula is C17H10F3N3O2S. The highest BCUT2D eigenvalue weighted by Gasteiger charge is 2.35. The number of hydrogen-bond acceptors (Lipinski definition) is 5. The first-order chi connectivity index (χ1) is 12.3. The van der Waals surface area contributed by atoms with Gasteiger partial charge in [0.05, 0.1) is 11.1 Å². The van der Waals surface area contributed by atoms with Crippen LogP contribution in [-0.4, -0.2) is 15.6 Å². The van der Waals surface area contributed by atoms with Gasteiger partial charge < -0.3 is 4.42 Å². The highest BCUT2D eigenvalue weighted by molar-refractivity contribution is 7.16. The van der Waals surface area contributed by atoms with E-state index in [2.05, 4.69) is 5.10 Å². The van der Waals surface area contributed by atoms with E-state index in [9.17, 15) is 23.2 Å². The van der Waals surface area contributed by atoms with E-state index >= 15 is 0 Å². The van der Waals surface area contributed by atoms with Crippen LogP contribution >= 0.6 is 11.3 Å². The summed E-state index contributed by atoms with van der Waals surface area (Å²) < 4.78 is 44.4. The van der Waals surface area contributed by atoms with Crippen LogP contribution in [0.4, 0.5) is 13.2 Å². The van der Waals surface area contributed by atoms with Crippen LogP contribution in [0, 0.1) is 11.3 Å². The van der Waals surface area contributed by atoms with E-state index in [0.29, 0.717) is 9.75 Å². The van der Waals surface area contributed by atoms with E-state index in [-0.39, 0.29) is 17.0 Å². The van der Waals surface area contributed by atoms with Crippen molar-refractivity contribution in [2.75, 3.05) is 0 Å². The van der Waals surface area contributed by atoms with Gasteiger partial charge in [-0.2, -0.15) is 23.5 Å². The molecule has 0 saturated heterocycles. The third-order valence-electron chi connectivity index (χ3n) is 3.45. The molecule has 3 aromatic rings. The Kier molecular flexibility index (Phi) is 4.52. The number of halogens is 3. The smallest absolute Gasteiger partial charge is 0.433 e. The second-order valence-electron chi connectivity index (χ2n) is 5.21. The Morgan fingerprint density at radius 1 is 1.38 bits per heavy atom. The van der Waals surface area contributed by atoms with Crippen LogP contribution in [0.2, 0.25) is 0 Å². The van der Waals surface area contributed by atoms with Gasteiger partial charge in [0.2, 0.25) is 5.78 Å². The van der Waals surface area contributed by atoms with E-state index in [1.54, 1.807) is 12.1 Å². The number of nitrogens with zero attached hydrogens (tertiary/aromatic N) is 3. The van der Waals surface area contributed by atoms with E-state index in [0.717, 1.165) is 22.1 Å². The Balaban J connectivity index is 1.91. The van der Waals surface area contributed by atoms with Crippen molar-refractivity contribution in [1.82, 2.24) is 9.78 Å². The van der Waals surface area contributed by atoms with E-state index < -0.39 is 17.7 Å². The zero-order valence-corrected chi connectivity index (χ0v) is 14.1. The standard InChI is InChI=1S/C17H10F3N3O2S/c1-23-15(17(18,19)20)8-12(22-23)14-5-4-11(26-14)7-10(9-21)16(24)13-3-2-6-25-13/h2-8H,1H3/b10-7+. The summed E-state index contributed by atoms with van der Waals surface area (Å²) in [5.74, 6) is -0.529. The molecule has 0 N–H and O–H groups in total. The third kappa shape index (κ3) is 3.45. The van der Waals surface area contributed by atoms with E-state index in [4.69, 9.17) is 4.42 Å². The predicted molar refractivity (Wildman–Crippen MR) is 88.2 cm³/mol. The topological polar surface area (TPSA) is 71.8 Å². The number of nitriles is 1. The van der Waals surface area contributed by atoms with Gasteiger partial charge in [-0.3, -0.25) is 9.48 Å². The maximum absolute atomic E-state index is 12.9. The molecule has 0 unspecified atom stereocenters. The molecule has 132 valence electrons. The minimum absolute atomic E-state index is 0.0362. The lowest BCUT2D eigenvalue weighted by molar-refractivity contribution is -0.143. The summed E-state index contributed by atoms with van der Waals surface area (Å²) in [7, 11) is 1.22. The quantitative estimate of drug-likeness (QED) is 0.380. The second kappa shape index (κ2) is 6.65. The number of rotatable bonds is 4. The van der Waals surface area contributed by atoms with Crippen molar-refractivity contribution in [2.45, 2.75) is 6.18 Å². The van der Waals surface area contributed by atoms with Gasteiger partial charge in [-0.25, -0.2) is 0 Å². The van der Waals surface area contributed by atoms with E-state index in [1.165, 1.54) is 31.5 Å². The van der Waals surface area contributed by atoms with Gasteiger partial charge in [0.15, 0.2) is 5.76 Å². The molecule has 5 nitrogen and oxygen atoms in total. The van der Waals surface area contributed by atoms with Crippen molar-refractivity contribution in [3.8, 4) is 16.6 Å². The highest BCUT2D eigenvalue weighted by atomic mass is 32.1. The largest absolute Gasteiger partial charge is 0.461 e. The SMILES string of the molecule is Cn1nc(-c2ccc(/C=C(\C#N)C(=O)c3ccco3)s2)cc1C(F)(F)F. The number of alkyl halides is 3. The molecule has 3 heterocycles.